The molecule has 0 fully saturated rings. The van der Waals surface area contributed by atoms with Gasteiger partial charge in [0.25, 0.3) is 0 Å². The topological polar surface area (TPSA) is 87.6 Å². The Morgan fingerprint density at radius 3 is 2.40 bits per heavy atom. The van der Waals surface area contributed by atoms with Gasteiger partial charge in [-0.05, 0) is 36.6 Å². The molecule has 1 N–H and O–H groups in total. The van der Waals surface area contributed by atoms with E-state index in [0.29, 0.717) is 34.0 Å². The molecule has 0 spiro atoms. The van der Waals surface area contributed by atoms with Gasteiger partial charge in [0, 0.05) is 21.3 Å². The maximum absolute atomic E-state index is 6.28. The molecule has 3 aromatic rings. The molecule has 1 aliphatic rings. The van der Waals surface area contributed by atoms with Crippen molar-refractivity contribution in [2.75, 3.05) is 32.9 Å². The summed E-state index contributed by atoms with van der Waals surface area (Å²) in [6.07, 6.45) is 1.31. The minimum Gasteiger partial charge on any atom is -0.493 e. The maximum Gasteiger partial charge on any atom is 0.247 e. The van der Waals surface area contributed by atoms with Crippen molar-refractivity contribution in [3.8, 4) is 34.4 Å². The molecule has 0 saturated heterocycles. The normalized spacial score (nSPS) is 14.5. The van der Waals surface area contributed by atoms with Crippen LogP contribution in [-0.2, 0) is 0 Å². The Kier molecular flexibility index (Phi) is 5.87. The minimum atomic E-state index is -0.578. The molecule has 0 amide bonds. The van der Waals surface area contributed by atoms with Crippen molar-refractivity contribution in [3.63, 3.8) is 0 Å². The van der Waals surface area contributed by atoms with Gasteiger partial charge in [-0.3, -0.25) is 0 Å². The molecule has 1 atom stereocenters. The van der Waals surface area contributed by atoms with Crippen LogP contribution in [0.4, 0.5) is 5.69 Å². The van der Waals surface area contributed by atoms with E-state index in [0.717, 1.165) is 21.3 Å². The monoisotopic (exact) mass is 490 g/mol. The molecule has 0 saturated carbocycles. The molecular formula is C20H19BrN4O4S. The molecule has 0 unspecified atom stereocenters. The minimum absolute atomic E-state index is 0.387. The number of ether oxygens (including phenoxy) is 4. The lowest BCUT2D eigenvalue weighted by Crippen LogP contribution is -2.17. The first-order valence-corrected chi connectivity index (χ1v) is 10.9. The summed E-state index contributed by atoms with van der Waals surface area (Å²) in [6, 6.07) is 9.53. The molecule has 1 aliphatic heterocycles. The van der Waals surface area contributed by atoms with Crippen LogP contribution in [-0.4, -0.2) is 42.8 Å². The lowest BCUT2D eigenvalue weighted by Gasteiger charge is -2.21. The van der Waals surface area contributed by atoms with Crippen molar-refractivity contribution in [2.45, 2.75) is 11.4 Å². The standard InChI is InChI=1S/C20H19BrN4O4S/c1-26-14-7-10(8-15(27-2)17(14)28-3)18-22-13-6-5-11(21)9-12(13)16-19(29-18)23-20(30-4)25-24-16/h5-9,18,22H,1-4H3/t18-/m1/s1. The molecule has 30 heavy (non-hydrogen) atoms. The first-order chi connectivity index (χ1) is 14.6. The number of methoxy groups -OCH3 is 3. The van der Waals surface area contributed by atoms with Crippen LogP contribution in [0.5, 0.6) is 23.1 Å². The molecule has 8 nitrogen and oxygen atoms in total. The number of thioether (sulfide) groups is 1. The van der Waals surface area contributed by atoms with Gasteiger partial charge >= 0.3 is 0 Å². The van der Waals surface area contributed by atoms with Crippen molar-refractivity contribution in [2.24, 2.45) is 0 Å². The Morgan fingerprint density at radius 2 is 1.77 bits per heavy atom. The molecule has 1 aromatic heterocycles. The Hall–Kier alpha value is -2.72. The summed E-state index contributed by atoms with van der Waals surface area (Å²) >= 11 is 4.92. The van der Waals surface area contributed by atoms with Gasteiger partial charge in [0.1, 0.15) is 0 Å². The largest absolute Gasteiger partial charge is 0.493 e. The maximum atomic E-state index is 6.28. The number of halogens is 1. The van der Waals surface area contributed by atoms with E-state index in [-0.39, 0.29) is 0 Å². The second-order valence-corrected chi connectivity index (χ2v) is 7.93. The van der Waals surface area contributed by atoms with E-state index in [1.54, 1.807) is 21.3 Å². The number of hydrogen-bond donors (Lipinski definition) is 1. The highest BCUT2D eigenvalue weighted by atomic mass is 79.9. The average Bonchev–Trinajstić information content (AvgIpc) is 2.93. The quantitative estimate of drug-likeness (QED) is 0.517. The van der Waals surface area contributed by atoms with Gasteiger partial charge in [-0.25, -0.2) is 0 Å². The number of aromatic nitrogens is 3. The molecule has 0 bridgehead atoms. The van der Waals surface area contributed by atoms with Crippen molar-refractivity contribution >= 4 is 33.4 Å². The number of rotatable bonds is 5. The Morgan fingerprint density at radius 1 is 1.03 bits per heavy atom. The summed E-state index contributed by atoms with van der Waals surface area (Å²) in [4.78, 5) is 4.54. The smallest absolute Gasteiger partial charge is 0.247 e. The van der Waals surface area contributed by atoms with Crippen molar-refractivity contribution in [1.29, 1.82) is 0 Å². The van der Waals surface area contributed by atoms with Gasteiger partial charge < -0.3 is 24.3 Å². The summed E-state index contributed by atoms with van der Waals surface area (Å²) in [7, 11) is 4.72. The zero-order chi connectivity index (χ0) is 21.3. The molecule has 2 heterocycles. The fourth-order valence-electron chi connectivity index (χ4n) is 3.16. The van der Waals surface area contributed by atoms with E-state index in [1.165, 1.54) is 11.8 Å². The average molecular weight is 491 g/mol. The number of fused-ring (bicyclic) bond motifs is 3. The van der Waals surface area contributed by atoms with Crippen molar-refractivity contribution < 1.29 is 18.9 Å². The van der Waals surface area contributed by atoms with Gasteiger partial charge in [0.15, 0.2) is 23.4 Å². The molecule has 156 valence electrons. The number of benzene rings is 2. The number of nitrogens with one attached hydrogen (secondary N) is 1. The van der Waals surface area contributed by atoms with Crippen molar-refractivity contribution in [1.82, 2.24) is 15.2 Å². The fourth-order valence-corrected chi connectivity index (χ4v) is 3.82. The van der Waals surface area contributed by atoms with Gasteiger partial charge in [0.2, 0.25) is 16.8 Å². The number of hydrogen-bond acceptors (Lipinski definition) is 9. The highest BCUT2D eigenvalue weighted by Gasteiger charge is 2.28. The molecule has 0 radical (unpaired) electrons. The third kappa shape index (κ3) is 3.72. The lowest BCUT2D eigenvalue weighted by atomic mass is 10.1. The highest BCUT2D eigenvalue weighted by molar-refractivity contribution is 9.10. The summed E-state index contributed by atoms with van der Waals surface area (Å²) in [5.74, 6) is 1.96. The Labute approximate surface area is 186 Å². The SMILES string of the molecule is COc1cc([C@@H]2Nc3ccc(Br)cc3-c3nnc(SC)nc3O2)cc(OC)c1OC. The molecule has 4 rings (SSSR count). The van der Waals surface area contributed by atoms with E-state index in [4.69, 9.17) is 18.9 Å². The van der Waals surface area contributed by atoms with Gasteiger partial charge in [-0.15, -0.1) is 10.2 Å². The molecule has 10 heteroatoms. The third-order valence-corrected chi connectivity index (χ3v) is 5.59. The summed E-state index contributed by atoms with van der Waals surface area (Å²) < 4.78 is 23.6. The van der Waals surface area contributed by atoms with Crippen LogP contribution >= 0.6 is 27.7 Å². The molecule has 2 aromatic carbocycles. The Balaban J connectivity index is 1.87. The first-order valence-electron chi connectivity index (χ1n) is 8.89. The van der Waals surface area contributed by atoms with E-state index < -0.39 is 6.23 Å². The van der Waals surface area contributed by atoms with E-state index in [2.05, 4.69) is 36.4 Å². The second-order valence-electron chi connectivity index (χ2n) is 6.24. The zero-order valence-corrected chi connectivity index (χ0v) is 19.1. The van der Waals surface area contributed by atoms with E-state index in [9.17, 15) is 0 Å². The van der Waals surface area contributed by atoms with Crippen LogP contribution in [0, 0.1) is 0 Å². The second kappa shape index (κ2) is 8.57. The number of nitrogens with zero attached hydrogens (tertiary/aromatic N) is 3. The van der Waals surface area contributed by atoms with Crippen LogP contribution in [0.25, 0.3) is 11.3 Å². The lowest BCUT2D eigenvalue weighted by molar-refractivity contribution is 0.223. The molecular weight excluding hydrogens is 472 g/mol. The van der Waals surface area contributed by atoms with E-state index in [1.807, 2.05) is 36.6 Å². The molecule has 0 aliphatic carbocycles. The van der Waals surface area contributed by atoms with Crippen LogP contribution in [0.3, 0.4) is 0 Å². The van der Waals surface area contributed by atoms with Crippen LogP contribution in [0.2, 0.25) is 0 Å². The van der Waals surface area contributed by atoms with Gasteiger partial charge in [-0.2, -0.15) is 4.98 Å². The summed E-state index contributed by atoms with van der Waals surface area (Å²) in [5, 5.41) is 12.5. The third-order valence-electron chi connectivity index (χ3n) is 4.56. The Bertz CT molecular complexity index is 1070. The van der Waals surface area contributed by atoms with E-state index >= 15 is 0 Å². The highest BCUT2D eigenvalue weighted by Crippen LogP contribution is 2.44. The van der Waals surface area contributed by atoms with Crippen LogP contribution < -0.4 is 24.3 Å². The van der Waals surface area contributed by atoms with Gasteiger partial charge in [0.05, 0.1) is 21.3 Å². The first kappa shape index (κ1) is 20.5. The number of anilines is 1. The van der Waals surface area contributed by atoms with Crippen molar-refractivity contribution in [3.05, 3.63) is 40.4 Å². The fraction of sp³-hybridized carbons (Fsp3) is 0.250. The van der Waals surface area contributed by atoms with Gasteiger partial charge in [-0.1, -0.05) is 27.7 Å². The summed E-state index contributed by atoms with van der Waals surface area (Å²) in [6.45, 7) is 0. The summed E-state index contributed by atoms with van der Waals surface area (Å²) in [5.41, 5.74) is 3.01. The predicted molar refractivity (Wildman–Crippen MR) is 118 cm³/mol. The zero-order valence-electron chi connectivity index (χ0n) is 16.7. The van der Waals surface area contributed by atoms with Crippen LogP contribution in [0.1, 0.15) is 11.8 Å². The predicted octanol–water partition coefficient (Wildman–Crippen LogP) is 4.55. The van der Waals surface area contributed by atoms with Crippen LogP contribution in [0.15, 0.2) is 40.0 Å².